The number of amides is 1. The Morgan fingerprint density at radius 3 is 2.90 bits per heavy atom. The number of nitrogens with zero attached hydrogens (tertiary/aromatic N) is 1. The van der Waals surface area contributed by atoms with Crippen molar-refractivity contribution in [1.29, 1.82) is 0 Å². The second-order valence-corrected chi connectivity index (χ2v) is 6.78. The first kappa shape index (κ1) is 14.4. The summed E-state index contributed by atoms with van der Waals surface area (Å²) in [6, 6.07) is 6.02. The third-order valence-electron chi connectivity index (χ3n) is 4.16. The molecule has 1 heterocycles. The van der Waals surface area contributed by atoms with E-state index in [1.807, 2.05) is 12.1 Å². The van der Waals surface area contributed by atoms with Crippen molar-refractivity contribution in [1.82, 2.24) is 4.90 Å². The van der Waals surface area contributed by atoms with E-state index in [1.54, 1.807) is 16.7 Å². The first-order valence-electron chi connectivity index (χ1n) is 7.29. The molecule has 0 radical (unpaired) electrons. The Balaban J connectivity index is 1.74. The van der Waals surface area contributed by atoms with E-state index in [2.05, 4.69) is 6.07 Å². The Morgan fingerprint density at radius 1 is 1.29 bits per heavy atom. The van der Waals surface area contributed by atoms with Crippen LogP contribution in [-0.2, 0) is 22.4 Å². The van der Waals surface area contributed by atoms with Crippen molar-refractivity contribution in [2.75, 3.05) is 26.0 Å². The predicted molar refractivity (Wildman–Crippen MR) is 82.6 cm³/mol. The molecular weight excluding hydrogens is 286 g/mol. The molecule has 0 bridgehead atoms. The SMILES string of the molecule is COC(=O)[C@H]1CN(C(=O)c2ccc3c(c2)CCC3)CCS1. The fraction of sp³-hybridized carbons (Fsp3) is 0.500. The average Bonchev–Trinajstić information content (AvgIpc) is 3.01. The molecule has 3 rings (SSSR count). The standard InChI is InChI=1S/C16H19NO3S/c1-20-16(19)14-10-17(7-8-21-14)15(18)13-6-5-11-3-2-4-12(11)9-13/h5-6,9,14H,2-4,7-8,10H2,1H3/t14-/m1/s1. The molecule has 1 aliphatic heterocycles. The monoisotopic (exact) mass is 305 g/mol. The van der Waals surface area contributed by atoms with Crippen LogP contribution in [0.3, 0.4) is 0 Å². The van der Waals surface area contributed by atoms with Crippen LogP contribution in [0, 0.1) is 0 Å². The van der Waals surface area contributed by atoms with E-state index in [1.165, 1.54) is 24.7 Å². The van der Waals surface area contributed by atoms with Gasteiger partial charge in [0.1, 0.15) is 5.25 Å². The highest BCUT2D eigenvalue weighted by Gasteiger charge is 2.30. The zero-order valence-electron chi connectivity index (χ0n) is 12.1. The molecule has 2 aliphatic rings. The lowest BCUT2D eigenvalue weighted by Gasteiger charge is -2.31. The maximum absolute atomic E-state index is 12.6. The summed E-state index contributed by atoms with van der Waals surface area (Å²) >= 11 is 1.56. The molecule has 1 aliphatic carbocycles. The Kier molecular flexibility index (Phi) is 4.19. The maximum atomic E-state index is 12.6. The minimum atomic E-state index is -0.262. The van der Waals surface area contributed by atoms with Gasteiger partial charge in [0.05, 0.1) is 7.11 Å². The second-order valence-electron chi connectivity index (χ2n) is 5.47. The normalized spacial score (nSPS) is 21.0. The number of carbonyl (C=O) groups is 2. The minimum absolute atomic E-state index is 0.0268. The molecule has 0 unspecified atom stereocenters. The Morgan fingerprint density at radius 2 is 2.10 bits per heavy atom. The van der Waals surface area contributed by atoms with Gasteiger partial charge >= 0.3 is 5.97 Å². The molecule has 1 aromatic carbocycles. The molecule has 4 nitrogen and oxygen atoms in total. The highest BCUT2D eigenvalue weighted by Crippen LogP contribution is 2.25. The van der Waals surface area contributed by atoms with Gasteiger partial charge in [0.2, 0.25) is 0 Å². The van der Waals surface area contributed by atoms with Gasteiger partial charge in [-0.25, -0.2) is 0 Å². The molecule has 1 amide bonds. The number of methoxy groups -OCH3 is 1. The molecule has 0 saturated carbocycles. The van der Waals surface area contributed by atoms with Gasteiger partial charge in [0, 0.05) is 24.4 Å². The van der Waals surface area contributed by atoms with Crippen molar-refractivity contribution in [2.45, 2.75) is 24.5 Å². The number of hydrogen-bond donors (Lipinski definition) is 0. The summed E-state index contributed by atoms with van der Waals surface area (Å²) in [6.45, 7) is 1.13. The van der Waals surface area contributed by atoms with Gasteiger partial charge in [-0.3, -0.25) is 9.59 Å². The molecule has 1 aromatic rings. The summed E-state index contributed by atoms with van der Waals surface area (Å²) in [5.74, 6) is 0.557. The van der Waals surface area contributed by atoms with Crippen LogP contribution in [0.4, 0.5) is 0 Å². The number of carbonyl (C=O) groups excluding carboxylic acids is 2. The quantitative estimate of drug-likeness (QED) is 0.783. The number of esters is 1. The van der Waals surface area contributed by atoms with E-state index in [0.717, 1.165) is 24.2 Å². The van der Waals surface area contributed by atoms with Crippen molar-refractivity contribution in [3.63, 3.8) is 0 Å². The summed E-state index contributed by atoms with van der Waals surface area (Å²) < 4.78 is 4.79. The van der Waals surface area contributed by atoms with Gasteiger partial charge in [-0.15, -0.1) is 11.8 Å². The number of fused-ring (bicyclic) bond motifs is 1. The molecular formula is C16H19NO3S. The van der Waals surface area contributed by atoms with Crippen LogP contribution in [0.5, 0.6) is 0 Å². The van der Waals surface area contributed by atoms with E-state index < -0.39 is 0 Å². The summed E-state index contributed by atoms with van der Waals surface area (Å²) in [7, 11) is 1.39. The summed E-state index contributed by atoms with van der Waals surface area (Å²) in [5.41, 5.74) is 3.41. The Labute approximate surface area is 128 Å². The number of aryl methyl sites for hydroxylation is 2. The van der Waals surface area contributed by atoms with Gasteiger partial charge in [0.15, 0.2) is 0 Å². The largest absolute Gasteiger partial charge is 0.468 e. The highest BCUT2D eigenvalue weighted by atomic mass is 32.2. The molecule has 0 spiro atoms. The van der Waals surface area contributed by atoms with E-state index >= 15 is 0 Å². The van der Waals surface area contributed by atoms with E-state index in [-0.39, 0.29) is 17.1 Å². The van der Waals surface area contributed by atoms with E-state index in [0.29, 0.717) is 13.1 Å². The molecule has 0 aromatic heterocycles. The van der Waals surface area contributed by atoms with Gasteiger partial charge in [-0.2, -0.15) is 0 Å². The van der Waals surface area contributed by atoms with Crippen LogP contribution in [0.15, 0.2) is 18.2 Å². The average molecular weight is 305 g/mol. The van der Waals surface area contributed by atoms with Crippen LogP contribution >= 0.6 is 11.8 Å². The van der Waals surface area contributed by atoms with Crippen molar-refractivity contribution in [2.24, 2.45) is 0 Å². The smallest absolute Gasteiger partial charge is 0.320 e. The number of benzene rings is 1. The summed E-state index contributed by atoms with van der Waals surface area (Å²) in [6.07, 6.45) is 3.36. The number of hydrogen-bond acceptors (Lipinski definition) is 4. The maximum Gasteiger partial charge on any atom is 0.320 e. The lowest BCUT2D eigenvalue weighted by atomic mass is 10.1. The number of rotatable bonds is 2. The first-order valence-corrected chi connectivity index (χ1v) is 8.34. The molecule has 21 heavy (non-hydrogen) atoms. The fourth-order valence-corrected chi connectivity index (χ4v) is 4.12. The summed E-state index contributed by atoms with van der Waals surface area (Å²) in [5, 5.41) is -0.262. The predicted octanol–water partition coefficient (Wildman–Crippen LogP) is 1.91. The minimum Gasteiger partial charge on any atom is -0.468 e. The van der Waals surface area contributed by atoms with Crippen molar-refractivity contribution in [3.05, 3.63) is 34.9 Å². The van der Waals surface area contributed by atoms with Crippen molar-refractivity contribution in [3.8, 4) is 0 Å². The van der Waals surface area contributed by atoms with Crippen LogP contribution in [-0.4, -0.2) is 48.0 Å². The van der Waals surface area contributed by atoms with Gasteiger partial charge in [-0.1, -0.05) is 6.07 Å². The van der Waals surface area contributed by atoms with Crippen LogP contribution in [0.1, 0.15) is 27.9 Å². The molecule has 5 heteroatoms. The topological polar surface area (TPSA) is 46.6 Å². The molecule has 0 N–H and O–H groups in total. The van der Waals surface area contributed by atoms with Crippen molar-refractivity contribution >= 4 is 23.6 Å². The first-order chi connectivity index (χ1) is 10.2. The van der Waals surface area contributed by atoms with Crippen molar-refractivity contribution < 1.29 is 14.3 Å². The summed E-state index contributed by atoms with van der Waals surface area (Å²) in [4.78, 5) is 26.0. The third-order valence-corrected chi connectivity index (χ3v) is 5.33. The van der Waals surface area contributed by atoms with Gasteiger partial charge < -0.3 is 9.64 Å². The lowest BCUT2D eigenvalue weighted by molar-refractivity contribution is -0.140. The molecule has 1 fully saturated rings. The second kappa shape index (κ2) is 6.10. The molecule has 1 saturated heterocycles. The van der Waals surface area contributed by atoms with E-state index in [9.17, 15) is 9.59 Å². The number of thioether (sulfide) groups is 1. The Hall–Kier alpha value is -1.49. The molecule has 1 atom stereocenters. The zero-order valence-corrected chi connectivity index (χ0v) is 12.9. The highest BCUT2D eigenvalue weighted by molar-refractivity contribution is 8.00. The number of ether oxygens (including phenoxy) is 1. The third kappa shape index (κ3) is 2.93. The molecule has 112 valence electrons. The van der Waals surface area contributed by atoms with Crippen LogP contribution < -0.4 is 0 Å². The van der Waals surface area contributed by atoms with E-state index in [4.69, 9.17) is 4.74 Å². The van der Waals surface area contributed by atoms with Gasteiger partial charge in [0.25, 0.3) is 5.91 Å². The van der Waals surface area contributed by atoms with Gasteiger partial charge in [-0.05, 0) is 42.5 Å². The zero-order chi connectivity index (χ0) is 14.8. The van der Waals surface area contributed by atoms with Crippen LogP contribution in [0.2, 0.25) is 0 Å². The lowest BCUT2D eigenvalue weighted by Crippen LogP contribution is -2.45. The fourth-order valence-electron chi connectivity index (χ4n) is 3.00. The Bertz CT molecular complexity index is 573. The van der Waals surface area contributed by atoms with Crippen LogP contribution in [0.25, 0.3) is 0 Å².